The second-order valence-corrected chi connectivity index (χ2v) is 3.64. The standard InChI is InChI=1S/C12H14O2/c13-11-7-4-8-12(11)14-9-10-5-2-1-3-6-10/h1-3,5-6,12H,4,7-9H2/t12-/m0/s1. The van der Waals surface area contributed by atoms with Crippen molar-refractivity contribution in [3.05, 3.63) is 35.9 Å². The summed E-state index contributed by atoms with van der Waals surface area (Å²) < 4.78 is 5.55. The predicted octanol–water partition coefficient (Wildman–Crippen LogP) is 2.32. The largest absolute Gasteiger partial charge is 0.366 e. The van der Waals surface area contributed by atoms with E-state index in [4.69, 9.17) is 4.74 Å². The summed E-state index contributed by atoms with van der Waals surface area (Å²) in [5, 5.41) is 0. The number of benzene rings is 1. The van der Waals surface area contributed by atoms with E-state index in [1.54, 1.807) is 0 Å². The molecule has 0 aliphatic heterocycles. The molecule has 1 fully saturated rings. The summed E-state index contributed by atoms with van der Waals surface area (Å²) in [6, 6.07) is 9.97. The summed E-state index contributed by atoms with van der Waals surface area (Å²) in [6.07, 6.45) is 2.43. The van der Waals surface area contributed by atoms with Gasteiger partial charge in [-0.25, -0.2) is 0 Å². The molecule has 0 unspecified atom stereocenters. The smallest absolute Gasteiger partial charge is 0.161 e. The van der Waals surface area contributed by atoms with Gasteiger partial charge in [-0.15, -0.1) is 0 Å². The third-order valence-corrected chi connectivity index (χ3v) is 2.54. The van der Waals surface area contributed by atoms with Crippen molar-refractivity contribution in [1.82, 2.24) is 0 Å². The average molecular weight is 190 g/mol. The molecular weight excluding hydrogens is 176 g/mol. The first-order valence-electron chi connectivity index (χ1n) is 5.04. The molecule has 1 saturated carbocycles. The van der Waals surface area contributed by atoms with Crippen LogP contribution in [0.2, 0.25) is 0 Å². The predicted molar refractivity (Wildman–Crippen MR) is 53.9 cm³/mol. The Morgan fingerprint density at radius 1 is 1.29 bits per heavy atom. The second-order valence-electron chi connectivity index (χ2n) is 3.64. The molecule has 0 amide bonds. The van der Waals surface area contributed by atoms with Gasteiger partial charge < -0.3 is 4.74 Å². The minimum Gasteiger partial charge on any atom is -0.366 e. The fraction of sp³-hybridized carbons (Fsp3) is 0.417. The third kappa shape index (κ3) is 2.20. The Labute approximate surface area is 83.9 Å². The fourth-order valence-corrected chi connectivity index (χ4v) is 1.73. The van der Waals surface area contributed by atoms with Crippen molar-refractivity contribution in [3.8, 4) is 0 Å². The van der Waals surface area contributed by atoms with E-state index in [0.717, 1.165) is 18.4 Å². The summed E-state index contributed by atoms with van der Waals surface area (Å²) in [4.78, 5) is 11.3. The summed E-state index contributed by atoms with van der Waals surface area (Å²) in [5.41, 5.74) is 1.13. The molecule has 1 aliphatic carbocycles. The van der Waals surface area contributed by atoms with Crippen LogP contribution < -0.4 is 0 Å². The monoisotopic (exact) mass is 190 g/mol. The molecule has 14 heavy (non-hydrogen) atoms. The number of carbonyl (C=O) groups is 1. The van der Waals surface area contributed by atoms with Crippen LogP contribution in [0.4, 0.5) is 0 Å². The van der Waals surface area contributed by atoms with Crippen LogP contribution in [0.3, 0.4) is 0 Å². The van der Waals surface area contributed by atoms with E-state index in [-0.39, 0.29) is 11.9 Å². The Kier molecular flexibility index (Phi) is 2.94. The first-order valence-corrected chi connectivity index (χ1v) is 5.04. The van der Waals surface area contributed by atoms with Crippen LogP contribution in [0.25, 0.3) is 0 Å². The zero-order valence-electron chi connectivity index (χ0n) is 8.11. The van der Waals surface area contributed by atoms with Crippen molar-refractivity contribution < 1.29 is 9.53 Å². The topological polar surface area (TPSA) is 26.3 Å². The van der Waals surface area contributed by atoms with Crippen LogP contribution >= 0.6 is 0 Å². The first-order chi connectivity index (χ1) is 6.86. The summed E-state index contributed by atoms with van der Waals surface area (Å²) in [6.45, 7) is 0.553. The van der Waals surface area contributed by atoms with Crippen LogP contribution in [-0.4, -0.2) is 11.9 Å². The third-order valence-electron chi connectivity index (χ3n) is 2.54. The maximum Gasteiger partial charge on any atom is 0.161 e. The van der Waals surface area contributed by atoms with Crippen molar-refractivity contribution in [3.63, 3.8) is 0 Å². The van der Waals surface area contributed by atoms with Gasteiger partial charge in [0.2, 0.25) is 0 Å². The lowest BCUT2D eigenvalue weighted by Crippen LogP contribution is -2.17. The number of hydrogen-bond acceptors (Lipinski definition) is 2. The molecule has 1 aliphatic rings. The normalized spacial score (nSPS) is 21.4. The van der Waals surface area contributed by atoms with Crippen LogP contribution in [0, 0.1) is 0 Å². The lowest BCUT2D eigenvalue weighted by atomic mass is 10.2. The van der Waals surface area contributed by atoms with Gasteiger partial charge in [0.05, 0.1) is 6.61 Å². The maximum absolute atomic E-state index is 11.3. The van der Waals surface area contributed by atoms with Gasteiger partial charge in [0.25, 0.3) is 0 Å². The van der Waals surface area contributed by atoms with Crippen molar-refractivity contribution in [1.29, 1.82) is 0 Å². The van der Waals surface area contributed by atoms with Crippen molar-refractivity contribution in [2.24, 2.45) is 0 Å². The lowest BCUT2D eigenvalue weighted by molar-refractivity contribution is -0.128. The fourth-order valence-electron chi connectivity index (χ4n) is 1.73. The highest BCUT2D eigenvalue weighted by atomic mass is 16.5. The van der Waals surface area contributed by atoms with Crippen LogP contribution in [0.5, 0.6) is 0 Å². The van der Waals surface area contributed by atoms with E-state index < -0.39 is 0 Å². The molecule has 1 atom stereocenters. The SMILES string of the molecule is O=C1CCC[C@@H]1OCc1ccccc1. The quantitative estimate of drug-likeness (QED) is 0.731. The summed E-state index contributed by atoms with van der Waals surface area (Å²) in [5.74, 6) is 0.265. The van der Waals surface area contributed by atoms with Gasteiger partial charge in [-0.05, 0) is 18.4 Å². The maximum atomic E-state index is 11.3. The number of carbonyl (C=O) groups excluding carboxylic acids is 1. The zero-order valence-corrected chi connectivity index (χ0v) is 8.11. The van der Waals surface area contributed by atoms with Crippen LogP contribution in [0.1, 0.15) is 24.8 Å². The Morgan fingerprint density at radius 2 is 2.07 bits per heavy atom. The molecule has 74 valence electrons. The van der Waals surface area contributed by atoms with E-state index in [9.17, 15) is 4.79 Å². The van der Waals surface area contributed by atoms with Crippen LogP contribution in [-0.2, 0) is 16.1 Å². The van der Waals surface area contributed by atoms with Gasteiger partial charge in [-0.2, -0.15) is 0 Å². The molecule has 2 heteroatoms. The van der Waals surface area contributed by atoms with Gasteiger partial charge >= 0.3 is 0 Å². The molecule has 0 heterocycles. The van der Waals surface area contributed by atoms with E-state index in [1.165, 1.54) is 0 Å². The molecule has 0 bridgehead atoms. The first kappa shape index (κ1) is 9.41. The molecule has 2 rings (SSSR count). The molecule has 0 N–H and O–H groups in total. The number of rotatable bonds is 3. The number of Topliss-reactive ketones (excluding diaryl/α,β-unsaturated/α-hetero) is 1. The molecule has 1 aromatic carbocycles. The summed E-state index contributed by atoms with van der Waals surface area (Å²) >= 11 is 0. The zero-order chi connectivity index (χ0) is 9.80. The van der Waals surface area contributed by atoms with E-state index in [1.807, 2.05) is 30.3 Å². The minimum atomic E-state index is -0.143. The Hall–Kier alpha value is -1.15. The van der Waals surface area contributed by atoms with Gasteiger partial charge in [-0.1, -0.05) is 30.3 Å². The highest BCUT2D eigenvalue weighted by Gasteiger charge is 2.24. The highest BCUT2D eigenvalue weighted by Crippen LogP contribution is 2.18. The van der Waals surface area contributed by atoms with Crippen molar-refractivity contribution in [2.45, 2.75) is 32.0 Å². The highest BCUT2D eigenvalue weighted by molar-refractivity contribution is 5.84. The number of ether oxygens (including phenoxy) is 1. The molecule has 0 radical (unpaired) electrons. The minimum absolute atomic E-state index is 0.143. The molecule has 0 spiro atoms. The van der Waals surface area contributed by atoms with Crippen LogP contribution in [0.15, 0.2) is 30.3 Å². The number of hydrogen-bond donors (Lipinski definition) is 0. The van der Waals surface area contributed by atoms with Gasteiger partial charge in [0.1, 0.15) is 6.10 Å². The summed E-state index contributed by atoms with van der Waals surface area (Å²) in [7, 11) is 0. The Bertz CT molecular complexity index is 305. The molecule has 0 saturated heterocycles. The number of ketones is 1. The molecule has 2 nitrogen and oxygen atoms in total. The average Bonchev–Trinajstić information content (AvgIpc) is 2.63. The lowest BCUT2D eigenvalue weighted by Gasteiger charge is -2.09. The van der Waals surface area contributed by atoms with Gasteiger partial charge in [0.15, 0.2) is 5.78 Å². The Balaban J connectivity index is 1.85. The Morgan fingerprint density at radius 3 is 2.71 bits per heavy atom. The molecule has 1 aromatic rings. The van der Waals surface area contributed by atoms with Crippen molar-refractivity contribution >= 4 is 5.78 Å². The van der Waals surface area contributed by atoms with E-state index in [0.29, 0.717) is 13.0 Å². The molecular formula is C12H14O2. The van der Waals surface area contributed by atoms with Crippen molar-refractivity contribution in [2.75, 3.05) is 0 Å². The van der Waals surface area contributed by atoms with E-state index >= 15 is 0 Å². The van der Waals surface area contributed by atoms with Gasteiger partial charge in [0, 0.05) is 6.42 Å². The second kappa shape index (κ2) is 4.38. The molecule has 0 aromatic heterocycles. The van der Waals surface area contributed by atoms with Gasteiger partial charge in [-0.3, -0.25) is 4.79 Å². The van der Waals surface area contributed by atoms with E-state index in [2.05, 4.69) is 0 Å².